The van der Waals surface area contributed by atoms with Gasteiger partial charge in [-0.05, 0) is 17.7 Å². The van der Waals surface area contributed by atoms with Gasteiger partial charge in [-0.15, -0.1) is 0 Å². The van der Waals surface area contributed by atoms with Crippen LogP contribution in [0.1, 0.15) is 11.6 Å². The van der Waals surface area contributed by atoms with Crippen LogP contribution in [-0.2, 0) is 11.3 Å². The van der Waals surface area contributed by atoms with Gasteiger partial charge in [-0.1, -0.05) is 12.1 Å². The van der Waals surface area contributed by atoms with E-state index in [-0.39, 0.29) is 6.04 Å². The summed E-state index contributed by atoms with van der Waals surface area (Å²) in [5, 5.41) is 6.84. The molecule has 1 aromatic heterocycles. The van der Waals surface area contributed by atoms with Crippen LogP contribution in [0.2, 0.25) is 0 Å². The average Bonchev–Trinajstić information content (AvgIpc) is 3.27. The molecule has 2 N–H and O–H groups in total. The van der Waals surface area contributed by atoms with Crippen molar-refractivity contribution < 1.29 is 9.47 Å². The average molecular weight is 387 g/mol. The summed E-state index contributed by atoms with van der Waals surface area (Å²) in [7, 11) is 3.49. The number of hydrogen-bond acceptors (Lipinski definition) is 5. The highest BCUT2D eigenvalue weighted by Gasteiger charge is 2.23. The number of aliphatic imine (C=N–C) groups is 1. The Hall–Kier alpha value is -2.58. The molecule has 2 aromatic rings. The summed E-state index contributed by atoms with van der Waals surface area (Å²) < 4.78 is 12.9. The molecule has 152 valence electrons. The van der Waals surface area contributed by atoms with Crippen LogP contribution in [0.15, 0.2) is 48.0 Å². The summed E-state index contributed by atoms with van der Waals surface area (Å²) in [5.41, 5.74) is 1.25. The lowest BCUT2D eigenvalue weighted by Gasteiger charge is -2.35. The normalized spacial score (nSPS) is 16.6. The van der Waals surface area contributed by atoms with Crippen LogP contribution in [0.4, 0.5) is 0 Å². The predicted octanol–water partition coefficient (Wildman–Crippen LogP) is 1.13. The SMILES string of the molecule is CN=C(NCCn1ccnc1)NCC(c1ccc(OC)cc1)N1CCOCC1. The number of methoxy groups -OCH3 is 1. The van der Waals surface area contributed by atoms with Crippen molar-refractivity contribution >= 4 is 5.96 Å². The van der Waals surface area contributed by atoms with Crippen LogP contribution >= 0.6 is 0 Å². The van der Waals surface area contributed by atoms with E-state index < -0.39 is 0 Å². The Bertz CT molecular complexity index is 711. The van der Waals surface area contributed by atoms with Crippen molar-refractivity contribution in [2.45, 2.75) is 12.6 Å². The van der Waals surface area contributed by atoms with Gasteiger partial charge in [0.2, 0.25) is 0 Å². The largest absolute Gasteiger partial charge is 0.497 e. The molecule has 0 amide bonds. The molecule has 1 aromatic carbocycles. The van der Waals surface area contributed by atoms with Gasteiger partial charge in [0.1, 0.15) is 5.75 Å². The summed E-state index contributed by atoms with van der Waals surface area (Å²) in [4.78, 5) is 10.9. The minimum Gasteiger partial charge on any atom is -0.497 e. The number of nitrogens with one attached hydrogen (secondary N) is 2. The highest BCUT2D eigenvalue weighted by atomic mass is 16.5. The number of rotatable bonds is 8. The molecule has 0 spiro atoms. The molecule has 0 saturated carbocycles. The van der Waals surface area contributed by atoms with Crippen molar-refractivity contribution in [2.24, 2.45) is 4.99 Å². The van der Waals surface area contributed by atoms with E-state index in [0.717, 1.165) is 57.6 Å². The Morgan fingerprint density at radius 3 is 2.68 bits per heavy atom. The van der Waals surface area contributed by atoms with Crippen LogP contribution < -0.4 is 15.4 Å². The number of nitrogens with zero attached hydrogens (tertiary/aromatic N) is 4. The number of aromatic nitrogens is 2. The van der Waals surface area contributed by atoms with E-state index in [2.05, 4.69) is 37.6 Å². The number of imidazole rings is 1. The first-order chi connectivity index (χ1) is 13.8. The first kappa shape index (κ1) is 20.2. The fraction of sp³-hybridized carbons (Fsp3) is 0.500. The molecule has 1 aliphatic heterocycles. The Morgan fingerprint density at radius 2 is 2.04 bits per heavy atom. The summed E-state index contributed by atoms with van der Waals surface area (Å²) in [6, 6.07) is 8.54. The highest BCUT2D eigenvalue weighted by Crippen LogP contribution is 2.23. The van der Waals surface area contributed by atoms with E-state index in [1.165, 1.54) is 5.56 Å². The molecule has 0 bridgehead atoms. The van der Waals surface area contributed by atoms with E-state index in [4.69, 9.17) is 9.47 Å². The number of ether oxygens (including phenoxy) is 2. The van der Waals surface area contributed by atoms with Crippen LogP contribution in [0.3, 0.4) is 0 Å². The molecule has 1 aliphatic rings. The van der Waals surface area contributed by atoms with Crippen molar-refractivity contribution in [2.75, 3.05) is 53.6 Å². The lowest BCUT2D eigenvalue weighted by molar-refractivity contribution is 0.0170. The van der Waals surface area contributed by atoms with E-state index in [9.17, 15) is 0 Å². The molecule has 1 saturated heterocycles. The quantitative estimate of drug-likeness (QED) is 0.523. The van der Waals surface area contributed by atoms with Gasteiger partial charge < -0.3 is 24.7 Å². The standard InChI is InChI=1S/C20H30N6O2/c1-21-20(23-8-10-25-9-7-22-16-25)24-15-19(26-11-13-28-14-12-26)17-3-5-18(27-2)6-4-17/h3-7,9,16,19H,8,10-15H2,1-2H3,(H2,21,23,24). The van der Waals surface area contributed by atoms with Crippen molar-refractivity contribution in [3.05, 3.63) is 48.5 Å². The summed E-state index contributed by atoms with van der Waals surface area (Å²) in [6.45, 7) is 5.76. The molecule has 8 heteroatoms. The van der Waals surface area contributed by atoms with Crippen LogP contribution in [0.25, 0.3) is 0 Å². The predicted molar refractivity (Wildman–Crippen MR) is 110 cm³/mol. The van der Waals surface area contributed by atoms with Gasteiger partial charge in [0.15, 0.2) is 5.96 Å². The van der Waals surface area contributed by atoms with Crippen LogP contribution in [0.5, 0.6) is 5.75 Å². The molecule has 1 unspecified atom stereocenters. The lowest BCUT2D eigenvalue weighted by atomic mass is 10.0. The molecule has 1 atom stereocenters. The zero-order chi connectivity index (χ0) is 19.6. The Balaban J connectivity index is 1.59. The van der Waals surface area contributed by atoms with Gasteiger partial charge >= 0.3 is 0 Å². The van der Waals surface area contributed by atoms with Crippen LogP contribution in [-0.4, -0.2) is 74.0 Å². The summed E-state index contributed by atoms with van der Waals surface area (Å²) >= 11 is 0. The fourth-order valence-corrected chi connectivity index (χ4v) is 3.31. The third kappa shape index (κ3) is 5.71. The molecular weight excluding hydrogens is 356 g/mol. The van der Waals surface area contributed by atoms with Gasteiger partial charge in [-0.2, -0.15) is 0 Å². The Labute approximate surface area is 166 Å². The molecule has 1 fully saturated rings. The zero-order valence-corrected chi connectivity index (χ0v) is 16.7. The number of morpholine rings is 1. The maximum Gasteiger partial charge on any atom is 0.191 e. The van der Waals surface area contributed by atoms with Crippen LogP contribution in [0, 0.1) is 0 Å². The minimum atomic E-state index is 0.238. The second-order valence-electron chi connectivity index (χ2n) is 6.62. The Kier molecular flexibility index (Phi) is 7.69. The van der Waals surface area contributed by atoms with Crippen molar-refractivity contribution in [1.82, 2.24) is 25.1 Å². The number of benzene rings is 1. The Morgan fingerprint density at radius 1 is 1.25 bits per heavy atom. The maximum absolute atomic E-state index is 5.53. The second-order valence-corrected chi connectivity index (χ2v) is 6.62. The van der Waals surface area contributed by atoms with Crippen molar-refractivity contribution in [3.63, 3.8) is 0 Å². The van der Waals surface area contributed by atoms with Crippen molar-refractivity contribution in [3.8, 4) is 5.75 Å². The van der Waals surface area contributed by atoms with E-state index in [0.29, 0.717) is 0 Å². The monoisotopic (exact) mass is 386 g/mol. The molecule has 8 nitrogen and oxygen atoms in total. The first-order valence-corrected chi connectivity index (χ1v) is 9.66. The fourth-order valence-electron chi connectivity index (χ4n) is 3.31. The molecule has 0 radical (unpaired) electrons. The van der Waals surface area contributed by atoms with E-state index in [1.807, 2.05) is 29.2 Å². The molecule has 0 aliphatic carbocycles. The van der Waals surface area contributed by atoms with Gasteiger partial charge in [0, 0.05) is 52.2 Å². The molecule has 3 rings (SSSR count). The minimum absolute atomic E-state index is 0.238. The highest BCUT2D eigenvalue weighted by molar-refractivity contribution is 5.79. The third-order valence-electron chi connectivity index (χ3n) is 4.90. The van der Waals surface area contributed by atoms with Gasteiger partial charge in [-0.3, -0.25) is 9.89 Å². The summed E-state index contributed by atoms with van der Waals surface area (Å²) in [6.07, 6.45) is 5.56. The lowest BCUT2D eigenvalue weighted by Crippen LogP contribution is -2.46. The van der Waals surface area contributed by atoms with Gasteiger partial charge in [0.05, 0.1) is 32.7 Å². The third-order valence-corrected chi connectivity index (χ3v) is 4.90. The topological polar surface area (TPSA) is 75.9 Å². The molecule has 2 heterocycles. The van der Waals surface area contributed by atoms with Crippen molar-refractivity contribution in [1.29, 1.82) is 0 Å². The summed E-state index contributed by atoms with van der Waals surface area (Å²) in [5.74, 6) is 1.67. The van der Waals surface area contributed by atoms with E-state index >= 15 is 0 Å². The smallest absolute Gasteiger partial charge is 0.191 e. The van der Waals surface area contributed by atoms with Gasteiger partial charge in [-0.25, -0.2) is 4.98 Å². The molecule has 28 heavy (non-hydrogen) atoms. The molecular formula is C20H30N6O2. The van der Waals surface area contributed by atoms with Gasteiger partial charge in [0.25, 0.3) is 0 Å². The second kappa shape index (κ2) is 10.7. The van der Waals surface area contributed by atoms with E-state index in [1.54, 1.807) is 20.4 Å². The number of guanidine groups is 1. The maximum atomic E-state index is 5.53. The first-order valence-electron chi connectivity index (χ1n) is 9.66. The zero-order valence-electron chi connectivity index (χ0n) is 16.7. The number of hydrogen-bond donors (Lipinski definition) is 2.